The Bertz CT molecular complexity index is 781. The number of hydrogen-bond donors (Lipinski definition) is 1. The second kappa shape index (κ2) is 7.29. The minimum Gasteiger partial charge on any atom is -0.352 e. The van der Waals surface area contributed by atoms with Crippen LogP contribution in [0.2, 0.25) is 0 Å². The van der Waals surface area contributed by atoms with E-state index in [1.54, 1.807) is 18.3 Å². The number of carbonyl (C=O) groups excluding carboxylic acids is 2. The molecule has 130 valence electrons. The third-order valence-electron chi connectivity index (χ3n) is 3.87. The molecule has 0 aliphatic heterocycles. The van der Waals surface area contributed by atoms with Crippen LogP contribution in [-0.4, -0.2) is 27.6 Å². The number of nitrogens with zero attached hydrogens (tertiary/aromatic N) is 3. The normalized spacial score (nSPS) is 13.3. The topological polar surface area (TPSA) is 67.2 Å². The summed E-state index contributed by atoms with van der Waals surface area (Å²) in [6.07, 6.45) is 6.41. The largest absolute Gasteiger partial charge is 0.352 e. The van der Waals surface area contributed by atoms with Gasteiger partial charge in [-0.3, -0.25) is 14.3 Å². The highest BCUT2D eigenvalue weighted by Crippen LogP contribution is 2.19. The van der Waals surface area contributed by atoms with E-state index in [4.69, 9.17) is 0 Å². The summed E-state index contributed by atoms with van der Waals surface area (Å²) in [6, 6.07) is 6.22. The molecule has 25 heavy (non-hydrogen) atoms. The molecule has 2 amide bonds. The Hall–Kier alpha value is -2.96. The average molecular weight is 342 g/mol. The number of hydrogen-bond acceptors (Lipinski definition) is 3. The van der Waals surface area contributed by atoms with Crippen LogP contribution in [0, 0.1) is 5.82 Å². The molecule has 1 N–H and O–H groups in total. The van der Waals surface area contributed by atoms with E-state index < -0.39 is 0 Å². The standard InChI is InChI=1S/C18H19FN4O2/c1-2-18(25)23(10-13-3-5-14(19)6-4-13)16-9-20-22(11-16)12-17(24)21-15-7-8-15/h2-6,9,11,15H,1,7-8,10,12H2,(H,21,24). The molecular weight excluding hydrogens is 323 g/mol. The summed E-state index contributed by atoms with van der Waals surface area (Å²) < 4.78 is 14.5. The van der Waals surface area contributed by atoms with E-state index >= 15 is 0 Å². The Labute approximate surface area is 144 Å². The molecule has 1 fully saturated rings. The van der Waals surface area contributed by atoms with Crippen molar-refractivity contribution in [1.82, 2.24) is 15.1 Å². The first kappa shape index (κ1) is 16.9. The van der Waals surface area contributed by atoms with Gasteiger partial charge in [0, 0.05) is 12.2 Å². The van der Waals surface area contributed by atoms with Crippen molar-refractivity contribution < 1.29 is 14.0 Å². The molecule has 1 saturated carbocycles. The predicted molar refractivity (Wildman–Crippen MR) is 91.2 cm³/mol. The maximum Gasteiger partial charge on any atom is 0.250 e. The quantitative estimate of drug-likeness (QED) is 0.783. The fourth-order valence-corrected chi connectivity index (χ4v) is 2.41. The SMILES string of the molecule is C=CC(=O)N(Cc1ccc(F)cc1)c1cnn(CC(=O)NC2CC2)c1. The van der Waals surface area contributed by atoms with E-state index in [0.29, 0.717) is 11.7 Å². The Kier molecular flexibility index (Phi) is 4.92. The summed E-state index contributed by atoms with van der Waals surface area (Å²) >= 11 is 0. The molecule has 0 atom stereocenters. The maximum absolute atomic E-state index is 13.0. The van der Waals surface area contributed by atoms with Gasteiger partial charge in [-0.25, -0.2) is 4.39 Å². The molecule has 2 aromatic rings. The van der Waals surface area contributed by atoms with Crippen molar-refractivity contribution in [2.24, 2.45) is 0 Å². The van der Waals surface area contributed by atoms with Crippen LogP contribution in [0.4, 0.5) is 10.1 Å². The number of carbonyl (C=O) groups is 2. The van der Waals surface area contributed by atoms with Crippen LogP contribution < -0.4 is 10.2 Å². The molecule has 0 bridgehead atoms. The highest BCUT2D eigenvalue weighted by molar-refractivity contribution is 6.00. The first-order chi connectivity index (χ1) is 12.0. The average Bonchev–Trinajstić information content (AvgIpc) is 3.29. The molecule has 7 heteroatoms. The zero-order valence-electron chi connectivity index (χ0n) is 13.7. The number of amides is 2. The van der Waals surface area contributed by atoms with Crippen LogP contribution in [0.1, 0.15) is 18.4 Å². The number of aromatic nitrogens is 2. The monoisotopic (exact) mass is 342 g/mol. The van der Waals surface area contributed by atoms with Gasteiger partial charge in [0.25, 0.3) is 5.91 Å². The molecule has 1 aromatic heterocycles. The fourth-order valence-electron chi connectivity index (χ4n) is 2.41. The Morgan fingerprint density at radius 2 is 2.08 bits per heavy atom. The van der Waals surface area contributed by atoms with Crippen molar-refractivity contribution >= 4 is 17.5 Å². The molecule has 0 saturated heterocycles. The van der Waals surface area contributed by atoms with Crippen LogP contribution >= 0.6 is 0 Å². The number of benzene rings is 1. The van der Waals surface area contributed by atoms with Crippen molar-refractivity contribution in [3.63, 3.8) is 0 Å². The smallest absolute Gasteiger partial charge is 0.250 e. The lowest BCUT2D eigenvalue weighted by atomic mass is 10.2. The van der Waals surface area contributed by atoms with Crippen molar-refractivity contribution in [1.29, 1.82) is 0 Å². The molecular formula is C18H19FN4O2. The lowest BCUT2D eigenvalue weighted by molar-refractivity contribution is -0.122. The molecule has 1 heterocycles. The van der Waals surface area contributed by atoms with E-state index in [-0.39, 0.29) is 30.7 Å². The molecule has 1 aromatic carbocycles. The van der Waals surface area contributed by atoms with Gasteiger partial charge in [-0.1, -0.05) is 18.7 Å². The van der Waals surface area contributed by atoms with Gasteiger partial charge in [-0.15, -0.1) is 0 Å². The van der Waals surface area contributed by atoms with Crippen molar-refractivity contribution in [3.8, 4) is 0 Å². The van der Waals surface area contributed by atoms with Crippen molar-refractivity contribution in [2.45, 2.75) is 32.0 Å². The molecule has 0 spiro atoms. The van der Waals surface area contributed by atoms with E-state index in [9.17, 15) is 14.0 Å². The van der Waals surface area contributed by atoms with Gasteiger partial charge in [0.15, 0.2) is 0 Å². The second-order valence-electron chi connectivity index (χ2n) is 5.99. The highest BCUT2D eigenvalue weighted by atomic mass is 19.1. The van der Waals surface area contributed by atoms with Crippen LogP contribution in [0.5, 0.6) is 0 Å². The zero-order valence-corrected chi connectivity index (χ0v) is 13.7. The highest BCUT2D eigenvalue weighted by Gasteiger charge is 2.23. The van der Waals surface area contributed by atoms with Gasteiger partial charge in [-0.2, -0.15) is 5.10 Å². The third-order valence-corrected chi connectivity index (χ3v) is 3.87. The maximum atomic E-state index is 13.0. The van der Waals surface area contributed by atoms with E-state index in [2.05, 4.69) is 17.0 Å². The molecule has 3 rings (SSSR count). The predicted octanol–water partition coefficient (Wildman–Crippen LogP) is 2.02. The summed E-state index contributed by atoms with van der Waals surface area (Å²) in [5, 5.41) is 7.03. The number of halogens is 1. The Morgan fingerprint density at radius 3 is 2.72 bits per heavy atom. The summed E-state index contributed by atoms with van der Waals surface area (Å²) in [4.78, 5) is 25.5. The van der Waals surface area contributed by atoms with E-state index in [0.717, 1.165) is 18.4 Å². The van der Waals surface area contributed by atoms with E-state index in [1.165, 1.54) is 34.0 Å². The van der Waals surface area contributed by atoms with Crippen LogP contribution in [0.15, 0.2) is 49.3 Å². The van der Waals surface area contributed by atoms with Crippen molar-refractivity contribution in [2.75, 3.05) is 4.90 Å². The second-order valence-corrected chi connectivity index (χ2v) is 5.99. The minimum atomic E-state index is -0.333. The Balaban J connectivity index is 1.72. The van der Waals surface area contributed by atoms with Gasteiger partial charge in [0.1, 0.15) is 12.4 Å². The first-order valence-corrected chi connectivity index (χ1v) is 8.05. The van der Waals surface area contributed by atoms with Gasteiger partial charge in [-0.05, 0) is 36.6 Å². The molecule has 1 aliphatic carbocycles. The number of rotatable bonds is 7. The molecule has 6 nitrogen and oxygen atoms in total. The molecule has 1 aliphatic rings. The fraction of sp³-hybridized carbons (Fsp3) is 0.278. The van der Waals surface area contributed by atoms with Crippen LogP contribution in [0.25, 0.3) is 0 Å². The number of nitrogens with one attached hydrogen (secondary N) is 1. The summed E-state index contributed by atoms with van der Waals surface area (Å²) in [5.41, 5.74) is 1.32. The van der Waals surface area contributed by atoms with Gasteiger partial charge >= 0.3 is 0 Å². The van der Waals surface area contributed by atoms with Gasteiger partial charge < -0.3 is 10.2 Å². The lowest BCUT2D eigenvalue weighted by Crippen LogP contribution is -2.30. The lowest BCUT2D eigenvalue weighted by Gasteiger charge is -2.19. The minimum absolute atomic E-state index is 0.0997. The van der Waals surface area contributed by atoms with Crippen LogP contribution in [-0.2, 0) is 22.7 Å². The van der Waals surface area contributed by atoms with Gasteiger partial charge in [0.2, 0.25) is 5.91 Å². The summed E-state index contributed by atoms with van der Waals surface area (Å²) in [7, 11) is 0. The molecule has 0 unspecified atom stereocenters. The van der Waals surface area contributed by atoms with E-state index in [1.807, 2.05) is 0 Å². The third kappa shape index (κ3) is 4.53. The van der Waals surface area contributed by atoms with Gasteiger partial charge in [0.05, 0.1) is 18.4 Å². The summed E-state index contributed by atoms with van der Waals surface area (Å²) in [5.74, 6) is -0.733. The number of anilines is 1. The first-order valence-electron chi connectivity index (χ1n) is 8.05. The zero-order chi connectivity index (χ0) is 17.8. The summed E-state index contributed by atoms with van der Waals surface area (Å²) in [6.45, 7) is 3.87. The van der Waals surface area contributed by atoms with Crippen molar-refractivity contribution in [3.05, 3.63) is 60.7 Å². The van der Waals surface area contributed by atoms with Crippen LogP contribution in [0.3, 0.4) is 0 Å². The molecule has 0 radical (unpaired) electrons. The Morgan fingerprint density at radius 1 is 1.36 bits per heavy atom.